The molecule has 0 heterocycles. The first-order valence-electron chi connectivity index (χ1n) is 5.06. The summed E-state index contributed by atoms with van der Waals surface area (Å²) in [5.41, 5.74) is 0.481. The molecule has 0 fully saturated rings. The molecule has 0 aliphatic carbocycles. The fourth-order valence-corrected chi connectivity index (χ4v) is 1.49. The molecule has 2 N–H and O–H groups in total. The van der Waals surface area contributed by atoms with Crippen LogP contribution in [0.2, 0.25) is 0 Å². The molecule has 86 valence electrons. The molecular formula is C13H16O3. The zero-order valence-corrected chi connectivity index (χ0v) is 9.69. The highest BCUT2D eigenvalue weighted by atomic mass is 16.4. The Morgan fingerprint density at radius 3 is 2.38 bits per heavy atom. The summed E-state index contributed by atoms with van der Waals surface area (Å²) in [7, 11) is 0. The Labute approximate surface area is 95.0 Å². The molecule has 0 aliphatic heterocycles. The van der Waals surface area contributed by atoms with Crippen LogP contribution in [-0.4, -0.2) is 16.2 Å². The molecule has 1 rings (SSSR count). The van der Waals surface area contributed by atoms with Gasteiger partial charge in [-0.2, -0.15) is 0 Å². The van der Waals surface area contributed by atoms with E-state index in [2.05, 4.69) is 0 Å². The van der Waals surface area contributed by atoms with Gasteiger partial charge in [0, 0.05) is 5.56 Å². The van der Waals surface area contributed by atoms with Crippen molar-refractivity contribution in [2.24, 2.45) is 5.41 Å². The van der Waals surface area contributed by atoms with Crippen LogP contribution in [0.1, 0.15) is 26.3 Å². The van der Waals surface area contributed by atoms with Gasteiger partial charge in [-0.1, -0.05) is 24.3 Å². The number of aromatic hydroxyl groups is 1. The van der Waals surface area contributed by atoms with Gasteiger partial charge in [0.1, 0.15) is 5.75 Å². The van der Waals surface area contributed by atoms with Gasteiger partial charge in [-0.25, -0.2) is 0 Å². The lowest BCUT2D eigenvalue weighted by Gasteiger charge is -2.16. The molecule has 0 radical (unpaired) electrons. The molecule has 0 bridgehead atoms. The van der Waals surface area contributed by atoms with Crippen molar-refractivity contribution in [3.8, 4) is 5.75 Å². The minimum absolute atomic E-state index is 0.164. The van der Waals surface area contributed by atoms with Gasteiger partial charge in [0.05, 0.1) is 5.41 Å². The summed E-state index contributed by atoms with van der Waals surface area (Å²) in [5, 5.41) is 18.6. The topological polar surface area (TPSA) is 57.5 Å². The molecule has 16 heavy (non-hydrogen) atoms. The van der Waals surface area contributed by atoms with Gasteiger partial charge in [-0.15, -0.1) is 0 Å². The number of benzene rings is 1. The predicted molar refractivity (Wildman–Crippen MR) is 63.2 cm³/mol. The van der Waals surface area contributed by atoms with Crippen LogP contribution in [0.4, 0.5) is 0 Å². The molecule has 0 aliphatic rings. The van der Waals surface area contributed by atoms with E-state index in [1.54, 1.807) is 51.1 Å². The Morgan fingerprint density at radius 2 is 1.88 bits per heavy atom. The summed E-state index contributed by atoms with van der Waals surface area (Å²) in [6.07, 6.45) is 1.64. The minimum atomic E-state index is -0.938. The standard InChI is InChI=1S/C13H16O3/c1-9(8-13(2,3)12(15)16)10-6-4-5-7-11(10)14/h4-8,14H,1-3H3,(H,15,16)/b9-8-. The van der Waals surface area contributed by atoms with E-state index in [-0.39, 0.29) is 5.75 Å². The van der Waals surface area contributed by atoms with Crippen LogP contribution in [0.3, 0.4) is 0 Å². The second-order valence-electron chi connectivity index (χ2n) is 4.37. The molecule has 0 unspecified atom stereocenters. The third-order valence-electron chi connectivity index (χ3n) is 2.46. The van der Waals surface area contributed by atoms with Crippen molar-refractivity contribution in [2.45, 2.75) is 20.8 Å². The number of carbonyl (C=O) groups is 1. The Morgan fingerprint density at radius 1 is 1.31 bits per heavy atom. The first-order chi connectivity index (χ1) is 7.34. The number of allylic oxidation sites excluding steroid dienone is 1. The summed E-state index contributed by atoms with van der Waals surface area (Å²) < 4.78 is 0. The van der Waals surface area contributed by atoms with Crippen molar-refractivity contribution >= 4 is 11.5 Å². The maximum Gasteiger partial charge on any atom is 0.312 e. The van der Waals surface area contributed by atoms with Gasteiger partial charge in [-0.05, 0) is 32.4 Å². The fourth-order valence-electron chi connectivity index (χ4n) is 1.49. The second kappa shape index (κ2) is 4.39. The van der Waals surface area contributed by atoms with Crippen molar-refractivity contribution < 1.29 is 15.0 Å². The van der Waals surface area contributed by atoms with Gasteiger partial charge in [-0.3, -0.25) is 4.79 Å². The quantitative estimate of drug-likeness (QED) is 0.823. The zero-order chi connectivity index (χ0) is 12.3. The predicted octanol–water partition coefficient (Wildman–Crippen LogP) is 2.91. The normalized spacial score (nSPS) is 12.6. The van der Waals surface area contributed by atoms with E-state index in [0.717, 1.165) is 5.57 Å². The lowest BCUT2D eigenvalue weighted by atomic mass is 9.89. The number of carboxylic acid groups (broad SMARTS) is 1. The Bertz CT molecular complexity index is 431. The zero-order valence-electron chi connectivity index (χ0n) is 9.69. The first-order valence-corrected chi connectivity index (χ1v) is 5.06. The van der Waals surface area contributed by atoms with Crippen LogP contribution < -0.4 is 0 Å². The van der Waals surface area contributed by atoms with E-state index in [4.69, 9.17) is 5.11 Å². The SMILES string of the molecule is C/C(=C/C(C)(C)C(=O)O)c1ccccc1O. The van der Waals surface area contributed by atoms with E-state index in [0.29, 0.717) is 5.56 Å². The van der Waals surface area contributed by atoms with E-state index in [1.165, 1.54) is 0 Å². The van der Waals surface area contributed by atoms with Crippen LogP contribution >= 0.6 is 0 Å². The average Bonchev–Trinajstić information content (AvgIpc) is 2.17. The Balaban J connectivity index is 3.12. The van der Waals surface area contributed by atoms with E-state index < -0.39 is 11.4 Å². The molecular weight excluding hydrogens is 204 g/mol. The Hall–Kier alpha value is -1.77. The van der Waals surface area contributed by atoms with Gasteiger partial charge in [0.2, 0.25) is 0 Å². The van der Waals surface area contributed by atoms with Crippen LogP contribution in [0.5, 0.6) is 5.75 Å². The van der Waals surface area contributed by atoms with Gasteiger partial charge >= 0.3 is 5.97 Å². The van der Waals surface area contributed by atoms with Crippen molar-refractivity contribution in [3.63, 3.8) is 0 Å². The molecule has 0 spiro atoms. The summed E-state index contributed by atoms with van der Waals surface area (Å²) in [5.74, 6) is -0.722. The smallest absolute Gasteiger partial charge is 0.312 e. The van der Waals surface area contributed by atoms with E-state index in [1.807, 2.05) is 0 Å². The monoisotopic (exact) mass is 220 g/mol. The summed E-state index contributed by atoms with van der Waals surface area (Å²) >= 11 is 0. The maximum absolute atomic E-state index is 11.0. The largest absolute Gasteiger partial charge is 0.507 e. The van der Waals surface area contributed by atoms with Crippen molar-refractivity contribution in [1.82, 2.24) is 0 Å². The number of hydrogen-bond donors (Lipinski definition) is 2. The van der Waals surface area contributed by atoms with E-state index in [9.17, 15) is 9.90 Å². The molecule has 3 nitrogen and oxygen atoms in total. The van der Waals surface area contributed by atoms with Crippen molar-refractivity contribution in [3.05, 3.63) is 35.9 Å². The maximum atomic E-state index is 11.0. The summed E-state index contributed by atoms with van der Waals surface area (Å²) in [6.45, 7) is 5.04. The number of phenols is 1. The highest BCUT2D eigenvalue weighted by Gasteiger charge is 2.24. The summed E-state index contributed by atoms with van der Waals surface area (Å²) in [4.78, 5) is 11.0. The number of hydrogen-bond acceptors (Lipinski definition) is 2. The first kappa shape index (κ1) is 12.3. The third kappa shape index (κ3) is 2.63. The number of rotatable bonds is 3. The lowest BCUT2D eigenvalue weighted by Crippen LogP contribution is -2.21. The van der Waals surface area contributed by atoms with Crippen molar-refractivity contribution in [2.75, 3.05) is 0 Å². The van der Waals surface area contributed by atoms with Gasteiger partial charge < -0.3 is 10.2 Å². The third-order valence-corrected chi connectivity index (χ3v) is 2.46. The second-order valence-corrected chi connectivity index (χ2v) is 4.37. The highest BCUT2D eigenvalue weighted by Crippen LogP contribution is 2.29. The Kier molecular flexibility index (Phi) is 3.38. The molecule has 0 amide bonds. The van der Waals surface area contributed by atoms with Gasteiger partial charge in [0.15, 0.2) is 0 Å². The highest BCUT2D eigenvalue weighted by molar-refractivity contribution is 5.80. The fraction of sp³-hybridized carbons (Fsp3) is 0.308. The van der Waals surface area contributed by atoms with Crippen LogP contribution in [-0.2, 0) is 4.79 Å². The number of carboxylic acids is 1. The number of phenolic OH excluding ortho intramolecular Hbond substituents is 1. The molecule has 1 aromatic rings. The minimum Gasteiger partial charge on any atom is -0.507 e. The number of para-hydroxylation sites is 1. The molecule has 3 heteroatoms. The lowest BCUT2D eigenvalue weighted by molar-refractivity contribution is -0.144. The molecule has 1 aromatic carbocycles. The molecule has 0 atom stereocenters. The molecule has 0 saturated heterocycles. The molecule has 0 saturated carbocycles. The van der Waals surface area contributed by atoms with Crippen molar-refractivity contribution in [1.29, 1.82) is 0 Å². The molecule has 0 aromatic heterocycles. The average molecular weight is 220 g/mol. The van der Waals surface area contributed by atoms with Crippen LogP contribution in [0, 0.1) is 5.41 Å². The van der Waals surface area contributed by atoms with Crippen LogP contribution in [0.15, 0.2) is 30.3 Å². The van der Waals surface area contributed by atoms with Gasteiger partial charge in [0.25, 0.3) is 0 Å². The summed E-state index contributed by atoms with van der Waals surface area (Å²) in [6, 6.07) is 6.88. The number of aliphatic carboxylic acids is 1. The van der Waals surface area contributed by atoms with E-state index >= 15 is 0 Å². The van der Waals surface area contributed by atoms with Crippen LogP contribution in [0.25, 0.3) is 5.57 Å².